The van der Waals surface area contributed by atoms with Crippen LogP contribution in [0.3, 0.4) is 0 Å². The van der Waals surface area contributed by atoms with Crippen molar-refractivity contribution in [3.8, 4) is 5.75 Å². The van der Waals surface area contributed by atoms with Gasteiger partial charge in [0.2, 0.25) is 6.29 Å². The molecule has 0 bridgehead atoms. The van der Waals surface area contributed by atoms with Crippen molar-refractivity contribution in [2.24, 2.45) is 0 Å². The summed E-state index contributed by atoms with van der Waals surface area (Å²) in [6, 6.07) is 17.5. The van der Waals surface area contributed by atoms with Crippen LogP contribution in [0.25, 0.3) is 0 Å². The molecule has 0 fully saturated rings. The molecule has 0 saturated heterocycles. The lowest BCUT2D eigenvalue weighted by atomic mass is 9.78. The van der Waals surface area contributed by atoms with Crippen molar-refractivity contribution in [2.45, 2.75) is 31.7 Å². The Morgan fingerprint density at radius 2 is 1.45 bits per heavy atom. The van der Waals surface area contributed by atoms with E-state index in [1.165, 1.54) is 5.56 Å². The molecule has 0 aromatic heterocycles. The van der Waals surface area contributed by atoms with Gasteiger partial charge in [-0.05, 0) is 23.3 Å². The molecule has 0 heterocycles. The lowest BCUT2D eigenvalue weighted by Crippen LogP contribution is -2.34. The summed E-state index contributed by atoms with van der Waals surface area (Å²) in [5, 5.41) is 27.6. The minimum atomic E-state index is -1.45. The van der Waals surface area contributed by atoms with Crippen molar-refractivity contribution in [1.29, 1.82) is 0 Å². The average Bonchev–Trinajstić information content (AvgIpc) is 2.55. The number of aliphatic hydroxyl groups is 3. The highest BCUT2D eigenvalue weighted by Crippen LogP contribution is 2.32. The van der Waals surface area contributed by atoms with Gasteiger partial charge in [0, 0.05) is 5.41 Å². The molecule has 0 aliphatic rings. The molecule has 2 atom stereocenters. The molecule has 0 amide bonds. The zero-order chi connectivity index (χ0) is 16.2. The molecule has 4 heteroatoms. The molecule has 2 aromatic carbocycles. The predicted octanol–water partition coefficient (Wildman–Crippen LogP) is 2.06. The number of rotatable bonds is 6. The van der Waals surface area contributed by atoms with Gasteiger partial charge in [-0.25, -0.2) is 0 Å². The van der Waals surface area contributed by atoms with Gasteiger partial charge in [0.1, 0.15) is 11.9 Å². The highest BCUT2D eigenvalue weighted by molar-refractivity contribution is 5.39. The first-order valence-corrected chi connectivity index (χ1v) is 7.25. The fourth-order valence-corrected chi connectivity index (χ4v) is 2.28. The van der Waals surface area contributed by atoms with Gasteiger partial charge < -0.3 is 20.1 Å². The van der Waals surface area contributed by atoms with Gasteiger partial charge >= 0.3 is 0 Å². The van der Waals surface area contributed by atoms with E-state index in [0.29, 0.717) is 5.75 Å². The molecule has 0 radical (unpaired) electrons. The molecule has 118 valence electrons. The largest absolute Gasteiger partial charge is 0.462 e. The SMILES string of the molecule is CC(C)(c1ccccc1)c1ccc(OC(O)C(O)CO)cc1. The third-order valence-corrected chi connectivity index (χ3v) is 3.84. The summed E-state index contributed by atoms with van der Waals surface area (Å²) in [5.41, 5.74) is 2.17. The molecule has 4 nitrogen and oxygen atoms in total. The Bertz CT molecular complexity index is 578. The summed E-state index contributed by atoms with van der Waals surface area (Å²) < 4.78 is 5.19. The first kappa shape index (κ1) is 16.5. The Labute approximate surface area is 130 Å². The lowest BCUT2D eigenvalue weighted by molar-refractivity contribution is -0.118. The zero-order valence-corrected chi connectivity index (χ0v) is 12.8. The second kappa shape index (κ2) is 6.92. The zero-order valence-electron chi connectivity index (χ0n) is 12.8. The summed E-state index contributed by atoms with van der Waals surface area (Å²) in [5.74, 6) is 0.438. The van der Waals surface area contributed by atoms with Gasteiger partial charge in [0.25, 0.3) is 0 Å². The predicted molar refractivity (Wildman–Crippen MR) is 84.7 cm³/mol. The van der Waals surface area contributed by atoms with Gasteiger partial charge in [-0.1, -0.05) is 56.3 Å². The number of hydrogen-bond acceptors (Lipinski definition) is 4. The molecule has 2 unspecified atom stereocenters. The Morgan fingerprint density at radius 1 is 0.909 bits per heavy atom. The van der Waals surface area contributed by atoms with Crippen LogP contribution in [0.5, 0.6) is 5.75 Å². The van der Waals surface area contributed by atoms with E-state index in [1.54, 1.807) is 12.1 Å². The maximum Gasteiger partial charge on any atom is 0.225 e. The van der Waals surface area contributed by atoms with Crippen LogP contribution in [0.2, 0.25) is 0 Å². The first-order valence-electron chi connectivity index (χ1n) is 7.25. The Balaban J connectivity index is 2.15. The van der Waals surface area contributed by atoms with E-state index in [-0.39, 0.29) is 5.41 Å². The fourth-order valence-electron chi connectivity index (χ4n) is 2.28. The molecule has 0 aliphatic heterocycles. The maximum atomic E-state index is 9.55. The Hall–Kier alpha value is -1.88. The van der Waals surface area contributed by atoms with Crippen LogP contribution < -0.4 is 4.74 Å². The van der Waals surface area contributed by atoms with Gasteiger partial charge in [-0.2, -0.15) is 0 Å². The maximum absolute atomic E-state index is 9.55. The topological polar surface area (TPSA) is 69.9 Å². The molecule has 2 aromatic rings. The van der Waals surface area contributed by atoms with E-state index >= 15 is 0 Å². The smallest absolute Gasteiger partial charge is 0.225 e. The molecule has 0 saturated carbocycles. The van der Waals surface area contributed by atoms with Crippen LogP contribution in [0.1, 0.15) is 25.0 Å². The van der Waals surface area contributed by atoms with Crippen LogP contribution >= 0.6 is 0 Å². The van der Waals surface area contributed by atoms with Crippen LogP contribution in [0.4, 0.5) is 0 Å². The fraction of sp³-hybridized carbons (Fsp3) is 0.333. The van der Waals surface area contributed by atoms with Gasteiger partial charge in [-0.15, -0.1) is 0 Å². The summed E-state index contributed by atoms with van der Waals surface area (Å²) in [4.78, 5) is 0. The van der Waals surface area contributed by atoms with Crippen LogP contribution in [-0.2, 0) is 5.41 Å². The first-order chi connectivity index (χ1) is 10.4. The van der Waals surface area contributed by atoms with Gasteiger partial charge in [0.05, 0.1) is 6.61 Å². The molecule has 2 rings (SSSR count). The van der Waals surface area contributed by atoms with Crippen molar-refractivity contribution in [3.63, 3.8) is 0 Å². The molecule has 0 aliphatic carbocycles. The second-order valence-electron chi connectivity index (χ2n) is 5.77. The Morgan fingerprint density at radius 3 is 2.00 bits per heavy atom. The van der Waals surface area contributed by atoms with Crippen molar-refractivity contribution in [3.05, 3.63) is 65.7 Å². The van der Waals surface area contributed by atoms with Crippen LogP contribution in [0.15, 0.2) is 54.6 Å². The van der Waals surface area contributed by atoms with Crippen molar-refractivity contribution < 1.29 is 20.1 Å². The van der Waals surface area contributed by atoms with Crippen molar-refractivity contribution >= 4 is 0 Å². The van der Waals surface area contributed by atoms with Crippen LogP contribution in [-0.4, -0.2) is 34.3 Å². The van der Waals surface area contributed by atoms with E-state index in [4.69, 9.17) is 9.84 Å². The number of aliphatic hydroxyl groups excluding tert-OH is 3. The normalized spacial score (nSPS) is 14.4. The number of hydrogen-bond donors (Lipinski definition) is 3. The van der Waals surface area contributed by atoms with E-state index in [9.17, 15) is 10.2 Å². The summed E-state index contributed by atoms with van der Waals surface area (Å²) in [7, 11) is 0. The number of benzene rings is 2. The van der Waals surface area contributed by atoms with Gasteiger partial charge in [-0.3, -0.25) is 0 Å². The molecular weight excluding hydrogens is 280 g/mol. The molecule has 22 heavy (non-hydrogen) atoms. The number of ether oxygens (including phenoxy) is 1. The monoisotopic (exact) mass is 302 g/mol. The van der Waals surface area contributed by atoms with E-state index < -0.39 is 19.0 Å². The van der Waals surface area contributed by atoms with E-state index in [2.05, 4.69) is 26.0 Å². The summed E-state index contributed by atoms with van der Waals surface area (Å²) in [6.45, 7) is 3.73. The summed E-state index contributed by atoms with van der Waals surface area (Å²) >= 11 is 0. The third-order valence-electron chi connectivity index (χ3n) is 3.84. The van der Waals surface area contributed by atoms with Crippen LogP contribution in [0, 0.1) is 0 Å². The average molecular weight is 302 g/mol. The highest BCUT2D eigenvalue weighted by atomic mass is 16.6. The minimum Gasteiger partial charge on any atom is -0.462 e. The Kier molecular flexibility index (Phi) is 5.19. The molecule has 0 spiro atoms. The molecule has 3 N–H and O–H groups in total. The molecular formula is C18H22O4. The standard InChI is InChI=1S/C18H22O4/c1-18(2,13-6-4-3-5-7-13)14-8-10-15(11-9-14)22-17(21)16(20)12-19/h3-11,16-17,19-21H,12H2,1-2H3. The lowest BCUT2D eigenvalue weighted by Gasteiger charge is -2.26. The van der Waals surface area contributed by atoms with Gasteiger partial charge in [0.15, 0.2) is 0 Å². The van der Waals surface area contributed by atoms with E-state index in [1.807, 2.05) is 30.3 Å². The van der Waals surface area contributed by atoms with E-state index in [0.717, 1.165) is 5.56 Å². The summed E-state index contributed by atoms with van der Waals surface area (Å²) in [6.07, 6.45) is -2.77. The van der Waals surface area contributed by atoms with Crippen molar-refractivity contribution in [2.75, 3.05) is 6.61 Å². The third kappa shape index (κ3) is 3.65. The minimum absolute atomic E-state index is 0.150. The van der Waals surface area contributed by atoms with Crippen molar-refractivity contribution in [1.82, 2.24) is 0 Å². The second-order valence-corrected chi connectivity index (χ2v) is 5.77. The highest BCUT2D eigenvalue weighted by Gasteiger charge is 2.23. The quantitative estimate of drug-likeness (QED) is 0.714.